The molecule has 1 aliphatic rings. The van der Waals surface area contributed by atoms with Crippen LogP contribution in [-0.2, 0) is 6.54 Å². The maximum atomic E-state index is 5.93. The van der Waals surface area contributed by atoms with Crippen LogP contribution in [0.15, 0.2) is 22.7 Å². The molecule has 0 atom stereocenters. The standard InChI is InChI=1S/C15H24BrN3/c1-15(2,3)19-8-6-18(7-9-19)11-12-4-5-13(16)14(17)10-12/h4-5,10H,6-9,11,17H2,1-3H3. The summed E-state index contributed by atoms with van der Waals surface area (Å²) in [4.78, 5) is 5.06. The topological polar surface area (TPSA) is 32.5 Å². The van der Waals surface area contributed by atoms with Gasteiger partial charge in [0, 0.05) is 48.4 Å². The Morgan fingerprint density at radius 3 is 2.32 bits per heavy atom. The highest BCUT2D eigenvalue weighted by Crippen LogP contribution is 2.22. The van der Waals surface area contributed by atoms with Crippen LogP contribution in [0.25, 0.3) is 0 Å². The number of nitrogen functional groups attached to an aromatic ring is 1. The highest BCUT2D eigenvalue weighted by atomic mass is 79.9. The molecule has 0 bridgehead atoms. The fourth-order valence-electron chi connectivity index (χ4n) is 2.53. The van der Waals surface area contributed by atoms with E-state index < -0.39 is 0 Å². The predicted octanol–water partition coefficient (Wildman–Crippen LogP) is 2.95. The number of benzene rings is 1. The molecule has 3 nitrogen and oxygen atoms in total. The second-order valence-corrected chi connectivity index (χ2v) is 7.14. The van der Waals surface area contributed by atoms with Crippen LogP contribution in [0.5, 0.6) is 0 Å². The summed E-state index contributed by atoms with van der Waals surface area (Å²) >= 11 is 3.44. The minimum Gasteiger partial charge on any atom is -0.398 e. The summed E-state index contributed by atoms with van der Waals surface area (Å²) in [7, 11) is 0. The van der Waals surface area contributed by atoms with Crippen molar-refractivity contribution in [2.75, 3.05) is 31.9 Å². The zero-order valence-corrected chi connectivity index (χ0v) is 13.7. The average Bonchev–Trinajstić information content (AvgIpc) is 2.33. The van der Waals surface area contributed by atoms with Crippen molar-refractivity contribution in [3.8, 4) is 0 Å². The molecule has 2 rings (SSSR count). The van der Waals surface area contributed by atoms with Crippen LogP contribution in [0.3, 0.4) is 0 Å². The monoisotopic (exact) mass is 325 g/mol. The maximum absolute atomic E-state index is 5.93. The van der Waals surface area contributed by atoms with E-state index in [1.165, 1.54) is 5.56 Å². The van der Waals surface area contributed by atoms with Gasteiger partial charge in [-0.15, -0.1) is 0 Å². The second kappa shape index (κ2) is 5.81. The zero-order chi connectivity index (χ0) is 14.0. The first-order valence-electron chi connectivity index (χ1n) is 6.87. The SMILES string of the molecule is CC(C)(C)N1CCN(Cc2ccc(Br)c(N)c2)CC1. The molecule has 0 spiro atoms. The normalized spacial score (nSPS) is 18.7. The van der Waals surface area contributed by atoms with Gasteiger partial charge in [0.2, 0.25) is 0 Å². The van der Waals surface area contributed by atoms with Gasteiger partial charge in [-0.3, -0.25) is 9.80 Å². The number of rotatable bonds is 2. The van der Waals surface area contributed by atoms with Gasteiger partial charge in [-0.05, 0) is 54.4 Å². The highest BCUT2D eigenvalue weighted by Gasteiger charge is 2.25. The fraction of sp³-hybridized carbons (Fsp3) is 0.600. The van der Waals surface area contributed by atoms with Crippen molar-refractivity contribution in [2.45, 2.75) is 32.9 Å². The van der Waals surface area contributed by atoms with Crippen molar-refractivity contribution in [2.24, 2.45) is 0 Å². The lowest BCUT2D eigenvalue weighted by molar-refractivity contribution is 0.0591. The first-order chi connectivity index (χ1) is 8.86. The molecule has 0 amide bonds. The van der Waals surface area contributed by atoms with E-state index in [9.17, 15) is 0 Å². The molecule has 0 radical (unpaired) electrons. The van der Waals surface area contributed by atoms with Gasteiger partial charge < -0.3 is 5.73 Å². The van der Waals surface area contributed by atoms with Gasteiger partial charge >= 0.3 is 0 Å². The van der Waals surface area contributed by atoms with Crippen molar-refractivity contribution in [1.29, 1.82) is 0 Å². The molecular weight excluding hydrogens is 302 g/mol. The molecule has 2 N–H and O–H groups in total. The third-order valence-electron chi connectivity index (χ3n) is 3.79. The van der Waals surface area contributed by atoms with Crippen LogP contribution in [0.4, 0.5) is 5.69 Å². The van der Waals surface area contributed by atoms with E-state index in [2.05, 4.69) is 58.6 Å². The van der Waals surface area contributed by atoms with E-state index in [1.54, 1.807) is 0 Å². The molecule has 106 valence electrons. The molecular formula is C15H24BrN3. The quantitative estimate of drug-likeness (QED) is 0.848. The molecule has 0 aliphatic carbocycles. The Kier molecular flexibility index (Phi) is 4.54. The molecule has 4 heteroatoms. The van der Waals surface area contributed by atoms with E-state index in [-0.39, 0.29) is 5.54 Å². The van der Waals surface area contributed by atoms with Gasteiger partial charge in [-0.25, -0.2) is 0 Å². The summed E-state index contributed by atoms with van der Waals surface area (Å²) in [6.07, 6.45) is 0. The Hall–Kier alpha value is -0.580. The van der Waals surface area contributed by atoms with Gasteiger partial charge in [-0.1, -0.05) is 6.07 Å². The Bertz CT molecular complexity index is 432. The van der Waals surface area contributed by atoms with Crippen molar-refractivity contribution in [3.63, 3.8) is 0 Å². The Balaban J connectivity index is 1.90. The molecule has 19 heavy (non-hydrogen) atoms. The number of hydrogen-bond donors (Lipinski definition) is 1. The predicted molar refractivity (Wildman–Crippen MR) is 85.2 cm³/mol. The van der Waals surface area contributed by atoms with E-state index in [0.29, 0.717) is 0 Å². The maximum Gasteiger partial charge on any atom is 0.0461 e. The van der Waals surface area contributed by atoms with Crippen molar-refractivity contribution >= 4 is 21.6 Å². The highest BCUT2D eigenvalue weighted by molar-refractivity contribution is 9.10. The summed E-state index contributed by atoms with van der Waals surface area (Å²) in [6, 6.07) is 6.26. The van der Waals surface area contributed by atoms with Gasteiger partial charge in [0.05, 0.1) is 0 Å². The smallest absolute Gasteiger partial charge is 0.0461 e. The number of halogens is 1. The van der Waals surface area contributed by atoms with Crippen LogP contribution in [0, 0.1) is 0 Å². The minimum absolute atomic E-state index is 0.286. The van der Waals surface area contributed by atoms with E-state index in [0.717, 1.165) is 42.9 Å². The van der Waals surface area contributed by atoms with Gasteiger partial charge in [0.15, 0.2) is 0 Å². The second-order valence-electron chi connectivity index (χ2n) is 6.29. The molecule has 1 saturated heterocycles. The van der Waals surface area contributed by atoms with Crippen LogP contribution >= 0.6 is 15.9 Å². The number of anilines is 1. The summed E-state index contributed by atoms with van der Waals surface area (Å²) in [5.74, 6) is 0. The molecule has 1 aliphatic heterocycles. The van der Waals surface area contributed by atoms with Gasteiger partial charge in [0.1, 0.15) is 0 Å². The van der Waals surface area contributed by atoms with Crippen molar-refractivity contribution < 1.29 is 0 Å². The average molecular weight is 326 g/mol. The lowest BCUT2D eigenvalue weighted by atomic mass is 10.0. The summed E-state index contributed by atoms with van der Waals surface area (Å²) < 4.78 is 0.980. The molecule has 0 saturated carbocycles. The molecule has 1 aromatic rings. The van der Waals surface area contributed by atoms with Crippen LogP contribution in [0.2, 0.25) is 0 Å². The summed E-state index contributed by atoms with van der Waals surface area (Å²) in [5.41, 5.74) is 8.34. The molecule has 1 fully saturated rings. The lowest BCUT2D eigenvalue weighted by Gasteiger charge is -2.42. The number of nitrogens with two attached hydrogens (primary N) is 1. The third kappa shape index (κ3) is 3.94. The zero-order valence-electron chi connectivity index (χ0n) is 12.1. The van der Waals surface area contributed by atoms with E-state index >= 15 is 0 Å². The number of piperazine rings is 1. The number of hydrogen-bond acceptors (Lipinski definition) is 3. The number of nitrogens with zero attached hydrogens (tertiary/aromatic N) is 2. The van der Waals surface area contributed by atoms with Crippen LogP contribution in [-0.4, -0.2) is 41.5 Å². The fourth-order valence-corrected chi connectivity index (χ4v) is 2.77. The Morgan fingerprint density at radius 2 is 1.79 bits per heavy atom. The van der Waals surface area contributed by atoms with Gasteiger partial charge in [-0.2, -0.15) is 0 Å². The molecule has 1 aromatic carbocycles. The van der Waals surface area contributed by atoms with E-state index in [1.807, 2.05) is 6.07 Å². The van der Waals surface area contributed by atoms with Crippen molar-refractivity contribution in [3.05, 3.63) is 28.2 Å². The lowest BCUT2D eigenvalue weighted by Crippen LogP contribution is -2.53. The third-order valence-corrected chi connectivity index (χ3v) is 4.51. The molecule has 1 heterocycles. The summed E-state index contributed by atoms with van der Waals surface area (Å²) in [6.45, 7) is 12.4. The molecule has 0 aromatic heterocycles. The van der Waals surface area contributed by atoms with Crippen LogP contribution in [0.1, 0.15) is 26.3 Å². The minimum atomic E-state index is 0.286. The Labute approximate surface area is 124 Å². The van der Waals surface area contributed by atoms with Gasteiger partial charge in [0.25, 0.3) is 0 Å². The Morgan fingerprint density at radius 1 is 1.16 bits per heavy atom. The summed E-state index contributed by atoms with van der Waals surface area (Å²) in [5, 5.41) is 0. The van der Waals surface area contributed by atoms with E-state index in [4.69, 9.17) is 5.73 Å². The molecule has 0 unspecified atom stereocenters. The van der Waals surface area contributed by atoms with Crippen molar-refractivity contribution in [1.82, 2.24) is 9.80 Å². The van der Waals surface area contributed by atoms with Crippen LogP contribution < -0.4 is 5.73 Å². The first-order valence-corrected chi connectivity index (χ1v) is 7.67. The largest absolute Gasteiger partial charge is 0.398 e. The first kappa shape index (κ1) is 14.8.